The van der Waals surface area contributed by atoms with Crippen LogP contribution in [0.25, 0.3) is 0 Å². The van der Waals surface area contributed by atoms with Crippen molar-refractivity contribution in [2.45, 2.75) is 18.9 Å². The maximum Gasteiger partial charge on any atom is 0.307 e. The number of hydrogen-bond acceptors (Lipinski definition) is 2. The van der Waals surface area contributed by atoms with E-state index >= 15 is 0 Å². The van der Waals surface area contributed by atoms with Gasteiger partial charge in [0, 0.05) is 5.03 Å². The van der Waals surface area contributed by atoms with Crippen molar-refractivity contribution in [3.05, 3.63) is 11.1 Å². The van der Waals surface area contributed by atoms with Crippen molar-refractivity contribution in [3.63, 3.8) is 0 Å². The monoisotopic (exact) mass is 202 g/mol. The summed E-state index contributed by atoms with van der Waals surface area (Å²) in [6.07, 6.45) is 2.37. The minimum Gasteiger partial charge on any atom is -0.481 e. The van der Waals surface area contributed by atoms with Gasteiger partial charge in [0.05, 0.1) is 12.0 Å². The van der Waals surface area contributed by atoms with Gasteiger partial charge in [-0.3, -0.25) is 4.79 Å². The number of carboxylic acid groups (broad SMARTS) is 1. The molecule has 2 aliphatic carbocycles. The highest BCUT2D eigenvalue weighted by atomic mass is 35.5. The van der Waals surface area contributed by atoms with E-state index in [1.54, 1.807) is 6.08 Å². The van der Waals surface area contributed by atoms with Crippen LogP contribution in [0.2, 0.25) is 0 Å². The number of hydrogen-bond donors (Lipinski definition) is 2. The van der Waals surface area contributed by atoms with E-state index in [2.05, 4.69) is 0 Å². The zero-order valence-corrected chi connectivity index (χ0v) is 7.74. The molecule has 0 aromatic heterocycles. The molecule has 4 atom stereocenters. The molecule has 4 unspecified atom stereocenters. The quantitative estimate of drug-likeness (QED) is 0.672. The Kier molecular flexibility index (Phi) is 2.08. The Bertz CT molecular complexity index is 274. The van der Waals surface area contributed by atoms with Crippen LogP contribution in [-0.2, 0) is 4.79 Å². The topological polar surface area (TPSA) is 57.5 Å². The fourth-order valence-electron chi connectivity index (χ4n) is 2.37. The van der Waals surface area contributed by atoms with Crippen LogP contribution in [0.5, 0.6) is 0 Å². The summed E-state index contributed by atoms with van der Waals surface area (Å²) in [6, 6.07) is 0. The van der Waals surface area contributed by atoms with Crippen LogP contribution in [0.1, 0.15) is 12.8 Å². The van der Waals surface area contributed by atoms with E-state index in [9.17, 15) is 9.90 Å². The van der Waals surface area contributed by atoms with E-state index in [-0.39, 0.29) is 17.8 Å². The summed E-state index contributed by atoms with van der Waals surface area (Å²) in [6.45, 7) is 0. The zero-order chi connectivity index (χ0) is 9.59. The molecule has 0 spiro atoms. The first kappa shape index (κ1) is 9.03. The van der Waals surface area contributed by atoms with Crippen molar-refractivity contribution < 1.29 is 15.0 Å². The number of carboxylic acids is 1. The number of rotatable bonds is 1. The number of allylic oxidation sites excluding steroid dienone is 1. The lowest BCUT2D eigenvalue weighted by molar-refractivity contribution is -0.142. The van der Waals surface area contributed by atoms with Crippen LogP contribution in [-0.4, -0.2) is 22.3 Å². The molecule has 0 saturated heterocycles. The molecule has 0 radical (unpaired) electrons. The van der Waals surface area contributed by atoms with Gasteiger partial charge in [0.2, 0.25) is 0 Å². The van der Waals surface area contributed by atoms with Gasteiger partial charge in [-0.2, -0.15) is 0 Å². The summed E-state index contributed by atoms with van der Waals surface area (Å²) in [5.74, 6) is -1.06. The van der Waals surface area contributed by atoms with Crippen molar-refractivity contribution in [2.75, 3.05) is 0 Å². The molecular formula is C9H11ClO3. The van der Waals surface area contributed by atoms with Crippen LogP contribution in [0, 0.1) is 17.8 Å². The summed E-state index contributed by atoms with van der Waals surface area (Å²) >= 11 is 5.78. The normalized spacial score (nSPS) is 43.1. The zero-order valence-electron chi connectivity index (χ0n) is 6.98. The predicted molar refractivity (Wildman–Crippen MR) is 47.3 cm³/mol. The molecule has 0 aromatic rings. The van der Waals surface area contributed by atoms with Crippen LogP contribution in [0.3, 0.4) is 0 Å². The van der Waals surface area contributed by atoms with Crippen molar-refractivity contribution in [2.24, 2.45) is 17.8 Å². The second-order valence-corrected chi connectivity index (χ2v) is 4.27. The number of halogens is 1. The maximum atomic E-state index is 10.8. The second-order valence-electron chi connectivity index (χ2n) is 3.84. The maximum absolute atomic E-state index is 10.8. The van der Waals surface area contributed by atoms with E-state index < -0.39 is 12.1 Å². The minimum atomic E-state index is -0.776. The van der Waals surface area contributed by atoms with Crippen LogP contribution >= 0.6 is 11.6 Å². The van der Waals surface area contributed by atoms with E-state index in [1.165, 1.54) is 0 Å². The molecule has 72 valence electrons. The number of aliphatic carboxylic acids is 1. The molecular weight excluding hydrogens is 192 g/mol. The summed E-state index contributed by atoms with van der Waals surface area (Å²) in [5.41, 5.74) is 0. The molecule has 2 N–H and O–H groups in total. The third-order valence-corrected chi connectivity index (χ3v) is 3.42. The molecule has 4 heteroatoms. The molecule has 0 aliphatic heterocycles. The number of fused-ring (bicyclic) bond motifs is 2. The summed E-state index contributed by atoms with van der Waals surface area (Å²) < 4.78 is 0. The van der Waals surface area contributed by atoms with E-state index in [4.69, 9.17) is 16.7 Å². The fourth-order valence-corrected chi connectivity index (χ4v) is 2.71. The molecule has 2 bridgehead atoms. The first-order valence-electron chi connectivity index (χ1n) is 4.37. The fraction of sp³-hybridized carbons (Fsp3) is 0.667. The third kappa shape index (κ3) is 1.36. The van der Waals surface area contributed by atoms with Crippen molar-refractivity contribution >= 4 is 17.6 Å². The van der Waals surface area contributed by atoms with Gasteiger partial charge in [-0.05, 0) is 24.7 Å². The second kappa shape index (κ2) is 3.00. The lowest BCUT2D eigenvalue weighted by Crippen LogP contribution is -2.21. The standard InChI is InChI=1S/C9H11ClO3/c10-7-3-4-1-5(8(7)11)2-6(4)9(12)13/h3-6,8,11H,1-2H2,(H,12,13). The van der Waals surface area contributed by atoms with Crippen molar-refractivity contribution in [3.8, 4) is 0 Å². The van der Waals surface area contributed by atoms with E-state index in [0.717, 1.165) is 6.42 Å². The largest absolute Gasteiger partial charge is 0.481 e. The van der Waals surface area contributed by atoms with Crippen LogP contribution in [0.15, 0.2) is 11.1 Å². The smallest absolute Gasteiger partial charge is 0.307 e. The molecule has 0 amide bonds. The molecule has 1 fully saturated rings. The number of carbonyl (C=O) groups is 1. The van der Waals surface area contributed by atoms with Gasteiger partial charge >= 0.3 is 5.97 Å². The third-order valence-electron chi connectivity index (χ3n) is 3.07. The van der Waals surface area contributed by atoms with Crippen molar-refractivity contribution in [1.29, 1.82) is 0 Å². The van der Waals surface area contributed by atoms with Crippen LogP contribution in [0.4, 0.5) is 0 Å². The van der Waals surface area contributed by atoms with E-state index in [1.807, 2.05) is 0 Å². The van der Waals surface area contributed by atoms with E-state index in [0.29, 0.717) is 11.5 Å². The average Bonchev–Trinajstić information content (AvgIpc) is 2.41. The lowest BCUT2D eigenvalue weighted by atomic mass is 9.91. The number of aliphatic hydroxyl groups excluding tert-OH is 1. The van der Waals surface area contributed by atoms with Crippen molar-refractivity contribution in [1.82, 2.24) is 0 Å². The van der Waals surface area contributed by atoms with Gasteiger partial charge in [-0.15, -0.1) is 0 Å². The van der Waals surface area contributed by atoms with Gasteiger partial charge in [0.1, 0.15) is 0 Å². The SMILES string of the molecule is O=C(O)C1CC2CC1C=C(Cl)C2O. The molecule has 1 saturated carbocycles. The first-order valence-corrected chi connectivity index (χ1v) is 4.75. The van der Waals surface area contributed by atoms with Gasteiger partial charge in [-0.25, -0.2) is 0 Å². The highest BCUT2D eigenvalue weighted by Gasteiger charge is 2.44. The Morgan fingerprint density at radius 3 is 2.85 bits per heavy atom. The van der Waals surface area contributed by atoms with Gasteiger partial charge in [0.25, 0.3) is 0 Å². The summed E-state index contributed by atoms with van der Waals surface area (Å²) in [5, 5.41) is 18.9. The average molecular weight is 203 g/mol. The van der Waals surface area contributed by atoms with Gasteiger partial charge in [0.15, 0.2) is 0 Å². The number of aliphatic hydroxyl groups is 1. The highest BCUT2D eigenvalue weighted by molar-refractivity contribution is 6.30. The Labute approximate surface area is 81.0 Å². The Morgan fingerprint density at radius 2 is 2.23 bits per heavy atom. The Morgan fingerprint density at radius 1 is 1.54 bits per heavy atom. The molecule has 0 heterocycles. The Hall–Kier alpha value is -0.540. The molecule has 2 rings (SSSR count). The molecule has 13 heavy (non-hydrogen) atoms. The summed E-state index contributed by atoms with van der Waals surface area (Å²) in [4.78, 5) is 10.8. The predicted octanol–water partition coefficient (Wildman–Crippen LogP) is 1.21. The summed E-state index contributed by atoms with van der Waals surface area (Å²) in [7, 11) is 0. The van der Waals surface area contributed by atoms with Gasteiger partial charge in [-0.1, -0.05) is 17.7 Å². The minimum absolute atomic E-state index is 0.0263. The lowest BCUT2D eigenvalue weighted by Gasteiger charge is -2.21. The molecule has 0 aromatic carbocycles. The highest BCUT2D eigenvalue weighted by Crippen LogP contribution is 2.45. The first-order chi connectivity index (χ1) is 6.09. The molecule has 2 aliphatic rings. The molecule has 3 nitrogen and oxygen atoms in total. The Balaban J connectivity index is 2.24. The van der Waals surface area contributed by atoms with Gasteiger partial charge < -0.3 is 10.2 Å². The van der Waals surface area contributed by atoms with Crippen LogP contribution < -0.4 is 0 Å².